The highest BCUT2D eigenvalue weighted by Gasteiger charge is 2.58. The van der Waals surface area contributed by atoms with E-state index in [-0.39, 0.29) is 17.9 Å². The van der Waals surface area contributed by atoms with Crippen molar-refractivity contribution in [1.82, 2.24) is 9.80 Å². The normalized spacial score (nSPS) is 25.8. The number of esters is 1. The molecular weight excluding hydrogens is 464 g/mol. The monoisotopic (exact) mass is 504 g/mol. The fourth-order valence-corrected chi connectivity index (χ4v) is 6.40. The van der Waals surface area contributed by atoms with Crippen molar-refractivity contribution >= 4 is 11.9 Å². The number of ether oxygens (including phenoxy) is 1. The molecule has 2 aliphatic rings. The Kier molecular flexibility index (Phi) is 8.20. The van der Waals surface area contributed by atoms with Gasteiger partial charge in [-0.1, -0.05) is 50.3 Å². The van der Waals surface area contributed by atoms with Crippen LogP contribution in [0.3, 0.4) is 0 Å². The van der Waals surface area contributed by atoms with E-state index in [1.165, 1.54) is 6.92 Å². The summed E-state index contributed by atoms with van der Waals surface area (Å²) in [5, 5.41) is 12.3. The first-order chi connectivity index (χ1) is 17.7. The highest BCUT2D eigenvalue weighted by Crippen LogP contribution is 2.53. The molecule has 3 atom stereocenters. The fourth-order valence-electron chi connectivity index (χ4n) is 6.40. The number of hydrogen-bond acceptors (Lipinski definition) is 5. The number of fused-ring (bicyclic) bond motifs is 1. The molecule has 198 valence electrons. The van der Waals surface area contributed by atoms with Gasteiger partial charge in [-0.3, -0.25) is 14.5 Å². The van der Waals surface area contributed by atoms with Crippen molar-refractivity contribution in [3.63, 3.8) is 0 Å². The van der Waals surface area contributed by atoms with Gasteiger partial charge < -0.3 is 14.7 Å². The molecule has 1 aliphatic heterocycles. The molecule has 1 saturated carbocycles. The summed E-state index contributed by atoms with van der Waals surface area (Å²) in [6.07, 6.45) is 4.59. The van der Waals surface area contributed by atoms with E-state index in [1.54, 1.807) is 6.07 Å². The number of β-amino-alcohol motifs (C(OH)–C–C–N with tert-alkyl or cyclic N) is 1. The molecule has 37 heavy (non-hydrogen) atoms. The standard InChI is InChI=1S/C31H40N2O4/c1-5-17-32-18-16-30(26-12-9-13-28(19-26)37-24(4)34)20-27(14-15-31(30,36)22-32)33(21-23(2)3)29(35)25-10-7-6-8-11-25/h5-13,19,23,27,36H,1,14-18,20-22H2,2-4H3. The van der Waals surface area contributed by atoms with E-state index in [4.69, 9.17) is 4.74 Å². The first-order valence-electron chi connectivity index (χ1n) is 13.4. The van der Waals surface area contributed by atoms with Gasteiger partial charge in [0, 0.05) is 43.6 Å². The van der Waals surface area contributed by atoms with Gasteiger partial charge in [-0.15, -0.1) is 6.58 Å². The largest absolute Gasteiger partial charge is 0.427 e. The number of hydrogen-bond donors (Lipinski definition) is 1. The van der Waals surface area contributed by atoms with E-state index in [9.17, 15) is 14.7 Å². The Balaban J connectivity index is 1.75. The van der Waals surface area contributed by atoms with Crippen LogP contribution in [0, 0.1) is 5.92 Å². The van der Waals surface area contributed by atoms with Crippen molar-refractivity contribution in [2.75, 3.05) is 26.2 Å². The van der Waals surface area contributed by atoms with Gasteiger partial charge >= 0.3 is 5.97 Å². The second kappa shape index (κ2) is 11.2. The number of carbonyl (C=O) groups is 2. The number of rotatable bonds is 8. The van der Waals surface area contributed by atoms with Gasteiger partial charge in [0.05, 0.1) is 5.60 Å². The number of benzene rings is 2. The van der Waals surface area contributed by atoms with Crippen molar-refractivity contribution in [1.29, 1.82) is 0 Å². The van der Waals surface area contributed by atoms with Crippen LogP contribution >= 0.6 is 0 Å². The number of aliphatic hydroxyl groups is 1. The molecule has 2 aromatic rings. The smallest absolute Gasteiger partial charge is 0.308 e. The third-order valence-electron chi connectivity index (χ3n) is 8.03. The van der Waals surface area contributed by atoms with E-state index in [2.05, 4.69) is 25.3 Å². The zero-order chi connectivity index (χ0) is 26.6. The topological polar surface area (TPSA) is 70.1 Å². The van der Waals surface area contributed by atoms with Crippen LogP contribution in [0.25, 0.3) is 0 Å². The van der Waals surface area contributed by atoms with Gasteiger partial charge in [0.25, 0.3) is 5.91 Å². The molecule has 0 radical (unpaired) electrons. The predicted octanol–water partition coefficient (Wildman–Crippen LogP) is 4.82. The molecule has 3 unspecified atom stereocenters. The second-order valence-electron chi connectivity index (χ2n) is 11.1. The minimum atomic E-state index is -0.973. The van der Waals surface area contributed by atoms with Gasteiger partial charge in [0.15, 0.2) is 0 Å². The Hall–Kier alpha value is -2.96. The second-order valence-corrected chi connectivity index (χ2v) is 11.1. The molecule has 1 saturated heterocycles. The lowest BCUT2D eigenvalue weighted by molar-refractivity contribution is -0.132. The van der Waals surface area contributed by atoms with Gasteiger partial charge in [-0.25, -0.2) is 0 Å². The number of amides is 1. The lowest BCUT2D eigenvalue weighted by atomic mass is 9.55. The molecule has 2 fully saturated rings. The van der Waals surface area contributed by atoms with Crippen LogP contribution in [0.4, 0.5) is 0 Å². The van der Waals surface area contributed by atoms with Crippen LogP contribution in [0.5, 0.6) is 5.75 Å². The van der Waals surface area contributed by atoms with Gasteiger partial charge in [0.1, 0.15) is 5.75 Å². The van der Waals surface area contributed by atoms with Crippen molar-refractivity contribution < 1.29 is 19.4 Å². The van der Waals surface area contributed by atoms with E-state index >= 15 is 0 Å². The van der Waals surface area contributed by atoms with Crippen LogP contribution < -0.4 is 4.74 Å². The molecule has 1 N–H and O–H groups in total. The van der Waals surface area contributed by atoms with Crippen molar-refractivity contribution in [3.05, 3.63) is 78.4 Å². The maximum absolute atomic E-state index is 13.8. The summed E-state index contributed by atoms with van der Waals surface area (Å²) in [4.78, 5) is 29.7. The summed E-state index contributed by atoms with van der Waals surface area (Å²) in [7, 11) is 0. The Morgan fingerprint density at radius 2 is 1.95 bits per heavy atom. The highest BCUT2D eigenvalue weighted by molar-refractivity contribution is 5.94. The highest BCUT2D eigenvalue weighted by atomic mass is 16.5. The molecular formula is C31H40N2O4. The van der Waals surface area contributed by atoms with Gasteiger partial charge in [-0.05, 0) is 68.0 Å². The molecule has 4 rings (SSSR count). The van der Waals surface area contributed by atoms with Crippen LogP contribution in [0.1, 0.15) is 62.4 Å². The van der Waals surface area contributed by atoms with Crippen LogP contribution in [0.15, 0.2) is 67.3 Å². The zero-order valence-electron chi connectivity index (χ0n) is 22.4. The summed E-state index contributed by atoms with van der Waals surface area (Å²) >= 11 is 0. The first-order valence-corrected chi connectivity index (χ1v) is 13.4. The molecule has 0 bridgehead atoms. The summed E-state index contributed by atoms with van der Waals surface area (Å²) in [6, 6.07) is 17.1. The number of likely N-dealkylation sites (tertiary alicyclic amines) is 1. The number of carbonyl (C=O) groups excluding carboxylic acids is 2. The Labute approximate surface area is 220 Å². The Bertz CT molecular complexity index is 1120. The zero-order valence-corrected chi connectivity index (χ0v) is 22.4. The van der Waals surface area contributed by atoms with E-state index < -0.39 is 11.0 Å². The maximum Gasteiger partial charge on any atom is 0.308 e. The van der Waals surface area contributed by atoms with Crippen molar-refractivity contribution in [3.8, 4) is 5.75 Å². The minimum absolute atomic E-state index is 0.0151. The third kappa shape index (κ3) is 5.65. The Morgan fingerprint density at radius 1 is 1.19 bits per heavy atom. The average Bonchev–Trinajstić information content (AvgIpc) is 2.87. The van der Waals surface area contributed by atoms with Gasteiger partial charge in [-0.2, -0.15) is 0 Å². The molecule has 1 aliphatic carbocycles. The lowest BCUT2D eigenvalue weighted by Gasteiger charge is -2.59. The molecule has 2 aromatic carbocycles. The number of piperidine rings is 1. The average molecular weight is 505 g/mol. The molecule has 0 aromatic heterocycles. The third-order valence-corrected chi connectivity index (χ3v) is 8.03. The first kappa shape index (κ1) is 27.1. The van der Waals surface area contributed by atoms with Crippen molar-refractivity contribution in [2.45, 2.75) is 63.5 Å². The minimum Gasteiger partial charge on any atom is -0.427 e. The summed E-state index contributed by atoms with van der Waals surface area (Å²) in [5.74, 6) is 0.462. The van der Waals surface area contributed by atoms with E-state index in [0.29, 0.717) is 43.2 Å². The van der Waals surface area contributed by atoms with E-state index in [0.717, 1.165) is 31.5 Å². The van der Waals surface area contributed by atoms with Crippen molar-refractivity contribution in [2.24, 2.45) is 5.92 Å². The molecule has 0 spiro atoms. The van der Waals surface area contributed by atoms with Crippen LogP contribution in [0.2, 0.25) is 0 Å². The van der Waals surface area contributed by atoms with Gasteiger partial charge in [0.2, 0.25) is 0 Å². The Morgan fingerprint density at radius 3 is 2.62 bits per heavy atom. The molecule has 1 amide bonds. The van der Waals surface area contributed by atoms with Crippen LogP contribution in [-0.4, -0.2) is 64.6 Å². The lowest BCUT2D eigenvalue weighted by Crippen LogP contribution is -2.67. The SMILES string of the molecule is C=CCN1CCC2(c3cccc(OC(C)=O)c3)CC(N(CC(C)C)C(=O)c3ccccc3)CCC2(O)C1. The molecule has 6 nitrogen and oxygen atoms in total. The quantitative estimate of drug-likeness (QED) is 0.317. The molecule has 1 heterocycles. The summed E-state index contributed by atoms with van der Waals surface area (Å²) in [6.45, 7) is 12.3. The van der Waals surface area contributed by atoms with E-state index in [1.807, 2.05) is 59.5 Å². The summed E-state index contributed by atoms with van der Waals surface area (Å²) < 4.78 is 5.43. The van der Waals surface area contributed by atoms with Crippen LogP contribution in [-0.2, 0) is 10.2 Å². The maximum atomic E-state index is 13.8. The molecule has 6 heteroatoms. The number of nitrogens with zero attached hydrogens (tertiary/aromatic N) is 2. The predicted molar refractivity (Wildman–Crippen MR) is 146 cm³/mol. The fraction of sp³-hybridized carbons (Fsp3) is 0.484. The summed E-state index contributed by atoms with van der Waals surface area (Å²) in [5.41, 5.74) is 0.110.